The molecule has 18 heavy (non-hydrogen) atoms. The largest absolute Gasteiger partial charge is 0.390 e. The molecule has 0 aromatic carbocycles. The van der Waals surface area contributed by atoms with Crippen LogP contribution < -0.4 is 5.32 Å². The van der Waals surface area contributed by atoms with Crippen molar-refractivity contribution in [1.82, 2.24) is 10.2 Å². The van der Waals surface area contributed by atoms with E-state index in [-0.39, 0.29) is 11.7 Å². The maximum atomic E-state index is 9.98. The Balaban J connectivity index is 1.57. The number of ether oxygens (including phenoxy) is 2. The molecule has 0 aromatic heterocycles. The van der Waals surface area contributed by atoms with Gasteiger partial charge in [-0.1, -0.05) is 0 Å². The second-order valence-corrected chi connectivity index (χ2v) is 5.44. The van der Waals surface area contributed by atoms with E-state index >= 15 is 0 Å². The molecule has 0 aromatic rings. The Kier molecular flexibility index (Phi) is 5.38. The average molecular weight is 258 g/mol. The molecular weight excluding hydrogens is 232 g/mol. The Hall–Kier alpha value is -0.200. The Bertz CT molecular complexity index is 235. The molecule has 2 fully saturated rings. The van der Waals surface area contributed by atoms with Gasteiger partial charge in [-0.2, -0.15) is 0 Å². The predicted molar refractivity (Wildman–Crippen MR) is 69.7 cm³/mol. The zero-order valence-corrected chi connectivity index (χ0v) is 11.4. The molecule has 0 spiro atoms. The van der Waals surface area contributed by atoms with Crippen molar-refractivity contribution >= 4 is 0 Å². The maximum absolute atomic E-state index is 9.98. The minimum atomic E-state index is -0.308. The fourth-order valence-corrected chi connectivity index (χ4v) is 2.64. The number of morpholine rings is 1. The Morgan fingerprint density at radius 2 is 2.11 bits per heavy atom. The standard InChI is InChI=1S/C13H26N2O3/c1-17-13(3-2-4-13)11-14-9-12(16)10-15-5-7-18-8-6-15/h12,14,16H,2-11H2,1H3. The van der Waals surface area contributed by atoms with E-state index in [4.69, 9.17) is 9.47 Å². The van der Waals surface area contributed by atoms with Crippen LogP contribution >= 0.6 is 0 Å². The number of hydrogen-bond donors (Lipinski definition) is 2. The molecule has 1 saturated heterocycles. The molecule has 2 aliphatic rings. The summed E-state index contributed by atoms with van der Waals surface area (Å²) in [5, 5.41) is 13.3. The van der Waals surface area contributed by atoms with E-state index in [9.17, 15) is 5.11 Å². The van der Waals surface area contributed by atoms with E-state index in [1.165, 1.54) is 6.42 Å². The molecule has 0 bridgehead atoms. The minimum absolute atomic E-state index is 0.0404. The zero-order chi connectivity index (χ0) is 12.8. The van der Waals surface area contributed by atoms with E-state index in [1.54, 1.807) is 7.11 Å². The van der Waals surface area contributed by atoms with Crippen LogP contribution in [-0.2, 0) is 9.47 Å². The van der Waals surface area contributed by atoms with Crippen molar-refractivity contribution in [2.75, 3.05) is 53.0 Å². The molecule has 1 unspecified atom stereocenters. The fourth-order valence-electron chi connectivity index (χ4n) is 2.64. The van der Waals surface area contributed by atoms with Gasteiger partial charge in [0.2, 0.25) is 0 Å². The van der Waals surface area contributed by atoms with Crippen molar-refractivity contribution < 1.29 is 14.6 Å². The van der Waals surface area contributed by atoms with Gasteiger partial charge in [0.25, 0.3) is 0 Å². The van der Waals surface area contributed by atoms with Crippen LogP contribution in [0.2, 0.25) is 0 Å². The predicted octanol–water partition coefficient (Wildman–Crippen LogP) is -0.162. The first-order valence-electron chi connectivity index (χ1n) is 6.98. The summed E-state index contributed by atoms with van der Waals surface area (Å²) < 4.78 is 10.8. The third-order valence-electron chi connectivity index (χ3n) is 4.10. The molecule has 2 rings (SSSR count). The first-order valence-corrected chi connectivity index (χ1v) is 6.98. The molecule has 1 heterocycles. The highest BCUT2D eigenvalue weighted by Gasteiger charge is 2.36. The second-order valence-electron chi connectivity index (χ2n) is 5.44. The number of hydrogen-bond acceptors (Lipinski definition) is 5. The van der Waals surface area contributed by atoms with Gasteiger partial charge in [-0.3, -0.25) is 4.90 Å². The van der Waals surface area contributed by atoms with Crippen LogP contribution in [0.25, 0.3) is 0 Å². The van der Waals surface area contributed by atoms with Crippen LogP contribution in [0.4, 0.5) is 0 Å². The highest BCUT2D eigenvalue weighted by atomic mass is 16.5. The third kappa shape index (κ3) is 3.90. The average Bonchev–Trinajstić information content (AvgIpc) is 2.34. The lowest BCUT2D eigenvalue weighted by atomic mass is 9.80. The van der Waals surface area contributed by atoms with Gasteiger partial charge in [0, 0.05) is 39.8 Å². The number of aliphatic hydroxyl groups excluding tert-OH is 1. The number of aliphatic hydroxyl groups is 1. The van der Waals surface area contributed by atoms with Crippen LogP contribution in [0.15, 0.2) is 0 Å². The minimum Gasteiger partial charge on any atom is -0.390 e. The SMILES string of the molecule is COC1(CNCC(O)CN2CCOCC2)CCC1. The third-order valence-corrected chi connectivity index (χ3v) is 4.10. The molecule has 1 aliphatic carbocycles. The highest BCUT2D eigenvalue weighted by molar-refractivity contribution is 4.91. The summed E-state index contributed by atoms with van der Waals surface area (Å²) in [6.07, 6.45) is 3.22. The van der Waals surface area contributed by atoms with Crippen LogP contribution in [0.3, 0.4) is 0 Å². The summed E-state index contributed by atoms with van der Waals surface area (Å²) in [6, 6.07) is 0. The van der Waals surface area contributed by atoms with E-state index in [1.807, 2.05) is 0 Å². The van der Waals surface area contributed by atoms with Gasteiger partial charge in [0.1, 0.15) is 0 Å². The van der Waals surface area contributed by atoms with Crippen molar-refractivity contribution in [2.45, 2.75) is 31.0 Å². The van der Waals surface area contributed by atoms with Crippen molar-refractivity contribution in [3.63, 3.8) is 0 Å². The van der Waals surface area contributed by atoms with Crippen molar-refractivity contribution in [3.05, 3.63) is 0 Å². The van der Waals surface area contributed by atoms with Gasteiger partial charge < -0.3 is 19.9 Å². The van der Waals surface area contributed by atoms with Gasteiger partial charge in [0.05, 0.1) is 24.9 Å². The van der Waals surface area contributed by atoms with Gasteiger partial charge in [0.15, 0.2) is 0 Å². The number of β-amino-alcohol motifs (C(OH)–C–C–N with tert-alkyl or cyclic N) is 1. The highest BCUT2D eigenvalue weighted by Crippen LogP contribution is 2.34. The fraction of sp³-hybridized carbons (Fsp3) is 1.00. The lowest BCUT2D eigenvalue weighted by molar-refractivity contribution is -0.0708. The first-order chi connectivity index (χ1) is 8.74. The number of nitrogens with one attached hydrogen (secondary N) is 1. The summed E-state index contributed by atoms with van der Waals surface area (Å²) in [7, 11) is 1.78. The van der Waals surface area contributed by atoms with E-state index in [0.29, 0.717) is 6.54 Å². The van der Waals surface area contributed by atoms with E-state index in [2.05, 4.69) is 10.2 Å². The molecular formula is C13H26N2O3. The Labute approximate surface area is 109 Å². The number of rotatable bonds is 7. The molecule has 0 radical (unpaired) electrons. The lowest BCUT2D eigenvalue weighted by Gasteiger charge is -2.41. The molecule has 5 nitrogen and oxygen atoms in total. The Morgan fingerprint density at radius 3 is 2.67 bits per heavy atom. The molecule has 1 aliphatic heterocycles. The normalized spacial score (nSPS) is 25.7. The molecule has 0 amide bonds. The van der Waals surface area contributed by atoms with Crippen LogP contribution in [0.1, 0.15) is 19.3 Å². The summed E-state index contributed by atoms with van der Waals surface area (Å²) in [5.74, 6) is 0. The topological polar surface area (TPSA) is 54.0 Å². The summed E-state index contributed by atoms with van der Waals surface area (Å²) in [5.41, 5.74) is 0.0404. The summed E-state index contributed by atoms with van der Waals surface area (Å²) >= 11 is 0. The summed E-state index contributed by atoms with van der Waals surface area (Å²) in [6.45, 7) is 5.65. The van der Waals surface area contributed by atoms with E-state index < -0.39 is 0 Å². The first kappa shape index (κ1) is 14.2. The zero-order valence-electron chi connectivity index (χ0n) is 11.4. The monoisotopic (exact) mass is 258 g/mol. The van der Waals surface area contributed by atoms with Crippen LogP contribution in [0.5, 0.6) is 0 Å². The molecule has 2 N–H and O–H groups in total. The Morgan fingerprint density at radius 1 is 1.39 bits per heavy atom. The van der Waals surface area contributed by atoms with Gasteiger partial charge in [-0.25, -0.2) is 0 Å². The number of methoxy groups -OCH3 is 1. The van der Waals surface area contributed by atoms with Gasteiger partial charge >= 0.3 is 0 Å². The van der Waals surface area contributed by atoms with Crippen LogP contribution in [-0.4, -0.2) is 74.8 Å². The van der Waals surface area contributed by atoms with Crippen molar-refractivity contribution in [1.29, 1.82) is 0 Å². The van der Waals surface area contributed by atoms with Crippen molar-refractivity contribution in [2.24, 2.45) is 0 Å². The molecule has 1 saturated carbocycles. The van der Waals surface area contributed by atoms with E-state index in [0.717, 1.165) is 52.2 Å². The summed E-state index contributed by atoms with van der Waals surface area (Å²) in [4.78, 5) is 2.26. The molecule has 106 valence electrons. The van der Waals surface area contributed by atoms with Gasteiger partial charge in [-0.15, -0.1) is 0 Å². The molecule has 1 atom stereocenters. The molecule has 5 heteroatoms. The lowest BCUT2D eigenvalue weighted by Crippen LogP contribution is -2.50. The van der Waals surface area contributed by atoms with Crippen LogP contribution in [0, 0.1) is 0 Å². The number of nitrogens with zero attached hydrogens (tertiary/aromatic N) is 1. The maximum Gasteiger partial charge on any atom is 0.0802 e. The quantitative estimate of drug-likeness (QED) is 0.664. The van der Waals surface area contributed by atoms with Crippen molar-refractivity contribution in [3.8, 4) is 0 Å². The smallest absolute Gasteiger partial charge is 0.0802 e. The second kappa shape index (κ2) is 6.82. The van der Waals surface area contributed by atoms with Gasteiger partial charge in [-0.05, 0) is 19.3 Å².